The van der Waals surface area contributed by atoms with E-state index >= 15 is 0 Å². The van der Waals surface area contributed by atoms with Crippen LogP contribution in [0, 0.1) is 0 Å². The lowest BCUT2D eigenvalue weighted by atomic mass is 9.89. The molecule has 1 N–H and O–H groups in total. The van der Waals surface area contributed by atoms with Gasteiger partial charge < -0.3 is 19.9 Å². The quantitative estimate of drug-likeness (QED) is 0.824. The smallest absolute Gasteiger partial charge is 0.254 e. The lowest BCUT2D eigenvalue weighted by molar-refractivity contribution is -0.159. The summed E-state index contributed by atoms with van der Waals surface area (Å²) >= 11 is 0. The fourth-order valence-electron chi connectivity index (χ4n) is 4.16. The number of nitrogens with zero attached hydrogens (tertiary/aromatic N) is 2. The molecule has 1 amide bonds. The summed E-state index contributed by atoms with van der Waals surface area (Å²) in [5.41, 5.74) is -0.564. The molecular formula is C16H31Cl2N3O2. The molecule has 3 saturated heterocycles. The zero-order chi connectivity index (χ0) is 14.7. The Labute approximate surface area is 152 Å². The van der Waals surface area contributed by atoms with Crippen LogP contribution in [0.15, 0.2) is 0 Å². The van der Waals surface area contributed by atoms with Crippen LogP contribution in [-0.4, -0.2) is 73.7 Å². The number of carbonyl (C=O) groups is 1. The molecule has 3 aliphatic heterocycles. The van der Waals surface area contributed by atoms with Crippen molar-refractivity contribution in [1.29, 1.82) is 0 Å². The molecule has 0 aliphatic carbocycles. The predicted molar refractivity (Wildman–Crippen MR) is 96.7 cm³/mol. The minimum atomic E-state index is -0.564. The third-order valence-electron chi connectivity index (χ3n) is 5.60. The molecule has 23 heavy (non-hydrogen) atoms. The Bertz CT molecular complexity index is 364. The molecule has 0 spiro atoms. The normalized spacial score (nSPS) is 25.5. The first-order valence-electron chi connectivity index (χ1n) is 8.54. The van der Waals surface area contributed by atoms with Gasteiger partial charge in [0.25, 0.3) is 5.91 Å². The summed E-state index contributed by atoms with van der Waals surface area (Å²) in [4.78, 5) is 17.6. The molecular weight excluding hydrogens is 337 g/mol. The van der Waals surface area contributed by atoms with Crippen molar-refractivity contribution in [2.45, 2.75) is 50.2 Å². The summed E-state index contributed by atoms with van der Waals surface area (Å²) < 4.78 is 5.68. The Kier molecular flexibility index (Phi) is 8.59. The Hall–Kier alpha value is -0.0700. The molecule has 0 radical (unpaired) electrons. The number of carbonyl (C=O) groups excluding carboxylic acids is 1. The van der Waals surface area contributed by atoms with E-state index in [1.165, 1.54) is 25.9 Å². The van der Waals surface area contributed by atoms with Gasteiger partial charge in [-0.25, -0.2) is 0 Å². The average Bonchev–Trinajstić information content (AvgIpc) is 3.09. The monoisotopic (exact) mass is 367 g/mol. The van der Waals surface area contributed by atoms with Gasteiger partial charge in [-0.05, 0) is 64.7 Å². The van der Waals surface area contributed by atoms with Crippen molar-refractivity contribution in [3.8, 4) is 0 Å². The number of likely N-dealkylation sites (tertiary alicyclic amines) is 2. The summed E-state index contributed by atoms with van der Waals surface area (Å²) in [5.74, 6) is 0.228. The highest BCUT2D eigenvalue weighted by molar-refractivity contribution is 5.86. The second-order valence-corrected chi connectivity index (χ2v) is 6.71. The van der Waals surface area contributed by atoms with Gasteiger partial charge in [-0.3, -0.25) is 4.79 Å². The van der Waals surface area contributed by atoms with E-state index in [0.717, 1.165) is 51.9 Å². The van der Waals surface area contributed by atoms with Crippen molar-refractivity contribution in [3.63, 3.8) is 0 Å². The van der Waals surface area contributed by atoms with Crippen molar-refractivity contribution in [3.05, 3.63) is 0 Å². The fourth-order valence-corrected chi connectivity index (χ4v) is 4.16. The van der Waals surface area contributed by atoms with Crippen molar-refractivity contribution < 1.29 is 9.53 Å². The number of hydrogen-bond donors (Lipinski definition) is 1. The SMILES string of the molecule is COC1(C(=O)N2CCC(N3CCCC3)CC2)CCNCC1.Cl.Cl. The van der Waals surface area contributed by atoms with Gasteiger partial charge in [0.05, 0.1) is 0 Å². The van der Waals surface area contributed by atoms with Gasteiger partial charge in [0, 0.05) is 26.2 Å². The molecule has 5 nitrogen and oxygen atoms in total. The van der Waals surface area contributed by atoms with Crippen LogP contribution in [-0.2, 0) is 9.53 Å². The van der Waals surface area contributed by atoms with E-state index in [9.17, 15) is 4.79 Å². The average molecular weight is 368 g/mol. The number of halogens is 2. The van der Waals surface area contributed by atoms with E-state index < -0.39 is 5.60 Å². The first kappa shape index (κ1) is 21.0. The van der Waals surface area contributed by atoms with Crippen LogP contribution in [0.2, 0.25) is 0 Å². The summed E-state index contributed by atoms with van der Waals surface area (Å²) in [5, 5.41) is 3.32. The Morgan fingerprint density at radius 1 is 1.04 bits per heavy atom. The molecule has 0 unspecified atom stereocenters. The van der Waals surface area contributed by atoms with E-state index in [4.69, 9.17) is 4.74 Å². The van der Waals surface area contributed by atoms with Gasteiger partial charge in [0.1, 0.15) is 5.60 Å². The maximum absolute atomic E-state index is 12.9. The summed E-state index contributed by atoms with van der Waals surface area (Å²) in [7, 11) is 1.69. The summed E-state index contributed by atoms with van der Waals surface area (Å²) in [6.07, 6.45) is 6.55. The van der Waals surface area contributed by atoms with Crippen LogP contribution in [0.5, 0.6) is 0 Å². The van der Waals surface area contributed by atoms with E-state index in [1.807, 2.05) is 0 Å². The van der Waals surface area contributed by atoms with Crippen LogP contribution in [0.4, 0.5) is 0 Å². The number of methoxy groups -OCH3 is 1. The minimum Gasteiger partial charge on any atom is -0.368 e. The lowest BCUT2D eigenvalue weighted by Gasteiger charge is -2.42. The van der Waals surface area contributed by atoms with E-state index in [1.54, 1.807) is 7.11 Å². The molecule has 0 aromatic heterocycles. The van der Waals surface area contributed by atoms with Gasteiger partial charge in [0.15, 0.2) is 0 Å². The highest BCUT2D eigenvalue weighted by atomic mass is 35.5. The van der Waals surface area contributed by atoms with E-state index in [-0.39, 0.29) is 30.7 Å². The van der Waals surface area contributed by atoms with Gasteiger partial charge >= 0.3 is 0 Å². The van der Waals surface area contributed by atoms with Crippen LogP contribution >= 0.6 is 24.8 Å². The number of hydrogen-bond acceptors (Lipinski definition) is 4. The van der Waals surface area contributed by atoms with Crippen molar-refractivity contribution >= 4 is 30.7 Å². The van der Waals surface area contributed by atoms with E-state index in [0.29, 0.717) is 6.04 Å². The molecule has 3 rings (SSSR count). The molecule has 136 valence electrons. The second-order valence-electron chi connectivity index (χ2n) is 6.71. The first-order valence-corrected chi connectivity index (χ1v) is 8.54. The number of nitrogens with one attached hydrogen (secondary N) is 1. The zero-order valence-corrected chi connectivity index (χ0v) is 15.7. The van der Waals surface area contributed by atoms with Gasteiger partial charge in [-0.15, -0.1) is 24.8 Å². The summed E-state index contributed by atoms with van der Waals surface area (Å²) in [6.45, 7) is 6.07. The van der Waals surface area contributed by atoms with Crippen molar-refractivity contribution in [2.75, 3.05) is 46.4 Å². The number of rotatable bonds is 3. The van der Waals surface area contributed by atoms with Gasteiger partial charge in [-0.1, -0.05) is 0 Å². The molecule has 3 fully saturated rings. The predicted octanol–water partition coefficient (Wildman–Crippen LogP) is 1.69. The zero-order valence-electron chi connectivity index (χ0n) is 14.1. The molecule has 7 heteroatoms. The van der Waals surface area contributed by atoms with E-state index in [2.05, 4.69) is 15.1 Å². The number of piperidine rings is 2. The van der Waals surface area contributed by atoms with Crippen LogP contribution in [0.25, 0.3) is 0 Å². The van der Waals surface area contributed by atoms with Gasteiger partial charge in [-0.2, -0.15) is 0 Å². The second kappa shape index (κ2) is 9.42. The van der Waals surface area contributed by atoms with Gasteiger partial charge in [0.2, 0.25) is 0 Å². The highest BCUT2D eigenvalue weighted by Gasteiger charge is 2.43. The molecule has 0 aromatic rings. The Balaban J connectivity index is 0.00000132. The Morgan fingerprint density at radius 3 is 2.13 bits per heavy atom. The molecule has 0 atom stereocenters. The fraction of sp³-hybridized carbons (Fsp3) is 0.938. The van der Waals surface area contributed by atoms with Crippen LogP contribution in [0.3, 0.4) is 0 Å². The van der Waals surface area contributed by atoms with Crippen molar-refractivity contribution in [1.82, 2.24) is 15.1 Å². The maximum Gasteiger partial charge on any atom is 0.254 e. The standard InChI is InChI=1S/C16H29N3O2.2ClH/c1-21-16(6-8-17-9-7-16)15(20)19-12-4-14(5-13-19)18-10-2-3-11-18;;/h14,17H,2-13H2,1H3;2*1H. The Morgan fingerprint density at radius 2 is 1.61 bits per heavy atom. The molecule has 0 bridgehead atoms. The molecule has 3 heterocycles. The number of amides is 1. The number of ether oxygens (including phenoxy) is 1. The molecule has 3 aliphatic rings. The maximum atomic E-state index is 12.9. The van der Waals surface area contributed by atoms with Crippen LogP contribution < -0.4 is 5.32 Å². The molecule has 0 aromatic carbocycles. The third kappa shape index (κ3) is 4.51. The van der Waals surface area contributed by atoms with Crippen molar-refractivity contribution in [2.24, 2.45) is 0 Å². The first-order chi connectivity index (χ1) is 10.2. The third-order valence-corrected chi connectivity index (χ3v) is 5.60. The lowest BCUT2D eigenvalue weighted by Crippen LogP contribution is -2.57. The minimum absolute atomic E-state index is 0. The largest absolute Gasteiger partial charge is 0.368 e. The van der Waals surface area contributed by atoms with Crippen LogP contribution in [0.1, 0.15) is 38.5 Å². The highest BCUT2D eigenvalue weighted by Crippen LogP contribution is 2.28. The summed E-state index contributed by atoms with van der Waals surface area (Å²) in [6, 6.07) is 0.697. The topological polar surface area (TPSA) is 44.8 Å². The molecule has 0 saturated carbocycles.